The number of ether oxygens (including phenoxy) is 1. The number of furan rings is 1. The Morgan fingerprint density at radius 2 is 2.09 bits per heavy atom. The van der Waals surface area contributed by atoms with Gasteiger partial charge in [-0.2, -0.15) is 0 Å². The molecule has 1 saturated carbocycles. The van der Waals surface area contributed by atoms with Gasteiger partial charge >= 0.3 is 0 Å². The Morgan fingerprint density at radius 3 is 2.78 bits per heavy atom. The number of rotatable bonds is 7. The summed E-state index contributed by atoms with van der Waals surface area (Å²) in [5, 5.41) is 6.12. The van der Waals surface area contributed by atoms with Crippen LogP contribution in [0.2, 0.25) is 0 Å². The lowest BCUT2D eigenvalue weighted by molar-refractivity contribution is 0.100. The molecular weight excluding hydrogens is 415 g/mol. The van der Waals surface area contributed by atoms with Gasteiger partial charge in [-0.1, -0.05) is 12.8 Å². The van der Waals surface area contributed by atoms with Gasteiger partial charge in [-0.3, -0.25) is 4.79 Å². The zero-order valence-electron chi connectivity index (χ0n) is 17.6. The second-order valence-electron chi connectivity index (χ2n) is 7.70. The Balaban J connectivity index is 1.68. The molecule has 0 spiro atoms. The van der Waals surface area contributed by atoms with Gasteiger partial charge in [0.25, 0.3) is 5.91 Å². The first-order chi connectivity index (χ1) is 15.5. The number of methoxy groups -OCH3 is 1. The van der Waals surface area contributed by atoms with Crippen molar-refractivity contribution in [2.24, 2.45) is 11.5 Å². The van der Waals surface area contributed by atoms with E-state index in [1.165, 1.54) is 19.6 Å². The molecule has 4 rings (SSSR count). The maximum Gasteiger partial charge on any atom is 0.252 e. The van der Waals surface area contributed by atoms with E-state index in [1.807, 2.05) is 0 Å². The molecule has 0 radical (unpaired) electrons. The molecule has 32 heavy (non-hydrogen) atoms. The van der Waals surface area contributed by atoms with Crippen LogP contribution in [0.1, 0.15) is 36.0 Å². The number of nitrogens with two attached hydrogens (primary N) is 2. The number of anilines is 3. The van der Waals surface area contributed by atoms with Gasteiger partial charge < -0.3 is 31.3 Å². The van der Waals surface area contributed by atoms with Crippen molar-refractivity contribution in [1.29, 1.82) is 0 Å². The van der Waals surface area contributed by atoms with Gasteiger partial charge in [0, 0.05) is 23.2 Å². The van der Waals surface area contributed by atoms with Crippen LogP contribution in [0, 0.1) is 5.82 Å². The molecule has 3 aromatic heterocycles. The number of carbonyl (C=O) groups is 1. The second kappa shape index (κ2) is 9.23. The first-order valence-corrected chi connectivity index (χ1v) is 10.3. The van der Waals surface area contributed by atoms with Crippen LogP contribution in [0.25, 0.3) is 11.1 Å². The number of nitrogens with one attached hydrogen (secondary N) is 2. The monoisotopic (exact) mass is 440 g/mol. The van der Waals surface area contributed by atoms with E-state index in [2.05, 4.69) is 20.6 Å². The quantitative estimate of drug-likeness (QED) is 0.438. The number of hydrogen-bond acceptors (Lipinski definition) is 8. The molecule has 0 bridgehead atoms. The lowest BCUT2D eigenvalue weighted by atomic mass is 9.91. The number of primary amides is 1. The van der Waals surface area contributed by atoms with Crippen LogP contribution in [0.15, 0.2) is 41.3 Å². The van der Waals surface area contributed by atoms with Crippen molar-refractivity contribution in [1.82, 2.24) is 9.97 Å². The third-order valence-electron chi connectivity index (χ3n) is 5.52. The lowest BCUT2D eigenvalue weighted by Crippen LogP contribution is -2.43. The third kappa shape index (κ3) is 4.50. The highest BCUT2D eigenvalue weighted by molar-refractivity contribution is 5.98. The molecule has 1 unspecified atom stereocenters. The molecule has 0 aromatic carbocycles. The number of amides is 1. The molecule has 6 N–H and O–H groups in total. The Kier molecular flexibility index (Phi) is 6.22. The minimum Gasteiger partial charge on any atom is -0.481 e. The molecule has 168 valence electrons. The van der Waals surface area contributed by atoms with Crippen molar-refractivity contribution in [3.8, 4) is 17.0 Å². The minimum absolute atomic E-state index is 0.0105. The van der Waals surface area contributed by atoms with Crippen molar-refractivity contribution in [2.45, 2.75) is 37.8 Å². The predicted molar refractivity (Wildman–Crippen MR) is 118 cm³/mol. The highest BCUT2D eigenvalue weighted by Gasteiger charge is 2.24. The van der Waals surface area contributed by atoms with Crippen LogP contribution in [0.3, 0.4) is 0 Å². The van der Waals surface area contributed by atoms with Crippen molar-refractivity contribution < 1.29 is 18.3 Å². The largest absolute Gasteiger partial charge is 0.481 e. The molecule has 3 aromatic rings. The van der Waals surface area contributed by atoms with Crippen LogP contribution in [0.4, 0.5) is 21.7 Å². The molecular formula is C22H25FN6O3. The molecule has 9 nitrogen and oxygen atoms in total. The van der Waals surface area contributed by atoms with Crippen LogP contribution < -0.4 is 26.8 Å². The summed E-state index contributed by atoms with van der Waals surface area (Å²) in [5.41, 5.74) is 13.5. The van der Waals surface area contributed by atoms with Gasteiger partial charge in [0.2, 0.25) is 5.88 Å². The summed E-state index contributed by atoms with van der Waals surface area (Å²) in [6, 6.07) is 4.40. The van der Waals surface area contributed by atoms with E-state index in [4.69, 9.17) is 20.6 Å². The topological polar surface area (TPSA) is 141 Å². The summed E-state index contributed by atoms with van der Waals surface area (Å²) in [6.07, 6.45) is 8.34. The number of carbonyl (C=O) groups excluding carboxylic acids is 1. The second-order valence-corrected chi connectivity index (χ2v) is 7.70. The molecule has 1 aliphatic rings. The summed E-state index contributed by atoms with van der Waals surface area (Å²) >= 11 is 0. The third-order valence-corrected chi connectivity index (χ3v) is 5.52. The summed E-state index contributed by atoms with van der Waals surface area (Å²) in [6.45, 7) is 0. The number of halogens is 1. The van der Waals surface area contributed by atoms with Gasteiger partial charge in [0.1, 0.15) is 5.82 Å². The van der Waals surface area contributed by atoms with Crippen LogP contribution >= 0.6 is 0 Å². The zero-order valence-corrected chi connectivity index (χ0v) is 17.6. The van der Waals surface area contributed by atoms with E-state index < -0.39 is 11.7 Å². The molecule has 1 fully saturated rings. The Hall–Kier alpha value is -3.66. The Labute approximate surface area is 184 Å². The molecule has 10 heteroatoms. The highest BCUT2D eigenvalue weighted by Crippen LogP contribution is 2.32. The summed E-state index contributed by atoms with van der Waals surface area (Å²) in [7, 11) is 1.51. The van der Waals surface area contributed by atoms with E-state index in [-0.39, 0.29) is 29.3 Å². The minimum atomic E-state index is -0.809. The van der Waals surface area contributed by atoms with Crippen molar-refractivity contribution in [3.63, 3.8) is 0 Å². The Bertz CT molecular complexity index is 1110. The first-order valence-electron chi connectivity index (χ1n) is 10.3. The smallest absolute Gasteiger partial charge is 0.252 e. The molecule has 0 aliphatic heterocycles. The van der Waals surface area contributed by atoms with Crippen molar-refractivity contribution in [3.05, 3.63) is 48.3 Å². The maximum absolute atomic E-state index is 14.7. The van der Waals surface area contributed by atoms with Gasteiger partial charge in [-0.15, -0.1) is 0 Å². The van der Waals surface area contributed by atoms with E-state index >= 15 is 0 Å². The van der Waals surface area contributed by atoms with Gasteiger partial charge in [-0.05, 0) is 31.0 Å². The highest BCUT2D eigenvalue weighted by atomic mass is 19.1. The normalized spacial score (nSPS) is 18.2. The van der Waals surface area contributed by atoms with Crippen molar-refractivity contribution >= 4 is 23.2 Å². The summed E-state index contributed by atoms with van der Waals surface area (Å²) in [5.74, 6) is -0.967. The Morgan fingerprint density at radius 1 is 1.28 bits per heavy atom. The standard InChI is InChI=1S/C22H25FN6O3/c1-31-22-14(12-6-7-32-11-12)8-13(10-26-22)27-20-15(19(25)30)9-16(23)21(29-20)28-18-5-3-2-4-17(18)24/h6-11,17-18H,2-5,24H2,1H3,(H2,25,30)(H2,27,28,29)/t17-,18?/m0/s1. The summed E-state index contributed by atoms with van der Waals surface area (Å²) in [4.78, 5) is 20.6. The van der Waals surface area contributed by atoms with Crippen LogP contribution in [-0.2, 0) is 0 Å². The predicted octanol–water partition coefficient (Wildman–Crippen LogP) is 3.41. The number of hydrogen-bond donors (Lipinski definition) is 4. The van der Waals surface area contributed by atoms with Gasteiger partial charge in [-0.25, -0.2) is 14.4 Å². The van der Waals surface area contributed by atoms with Gasteiger partial charge in [0.15, 0.2) is 11.6 Å². The molecule has 2 atom stereocenters. The first kappa shape index (κ1) is 21.6. The zero-order chi connectivity index (χ0) is 22.7. The lowest BCUT2D eigenvalue weighted by Gasteiger charge is -2.30. The SMILES string of the molecule is COc1ncc(Nc2nc(NC3CCCC[C@@H]3N)c(F)cc2C(N)=O)cc1-c1ccoc1. The van der Waals surface area contributed by atoms with E-state index in [1.54, 1.807) is 18.4 Å². The number of aromatic nitrogens is 2. The van der Waals surface area contributed by atoms with Crippen LogP contribution in [-0.4, -0.2) is 35.1 Å². The van der Waals surface area contributed by atoms with Crippen LogP contribution in [0.5, 0.6) is 5.88 Å². The molecule has 1 aliphatic carbocycles. The number of nitrogens with zero attached hydrogens (tertiary/aromatic N) is 2. The number of pyridine rings is 2. The molecule has 1 amide bonds. The van der Waals surface area contributed by atoms with Crippen molar-refractivity contribution in [2.75, 3.05) is 17.7 Å². The fourth-order valence-corrected chi connectivity index (χ4v) is 3.83. The average molecular weight is 440 g/mol. The molecule has 0 saturated heterocycles. The van der Waals surface area contributed by atoms with E-state index in [0.29, 0.717) is 17.1 Å². The van der Waals surface area contributed by atoms with Gasteiger partial charge in [0.05, 0.1) is 37.1 Å². The van der Waals surface area contributed by atoms with E-state index in [0.717, 1.165) is 37.3 Å². The summed E-state index contributed by atoms with van der Waals surface area (Å²) < 4.78 is 25.2. The van der Waals surface area contributed by atoms with E-state index in [9.17, 15) is 9.18 Å². The molecule has 3 heterocycles. The fraction of sp³-hybridized carbons (Fsp3) is 0.318. The fourth-order valence-electron chi connectivity index (χ4n) is 3.83. The maximum atomic E-state index is 14.7. The average Bonchev–Trinajstić information content (AvgIpc) is 3.32.